The van der Waals surface area contributed by atoms with E-state index in [0.29, 0.717) is 23.0 Å². The molecule has 98 valence electrons. The van der Waals surface area contributed by atoms with Crippen LogP contribution < -0.4 is 5.73 Å². The van der Waals surface area contributed by atoms with E-state index in [9.17, 15) is 4.79 Å². The molecule has 0 saturated heterocycles. The highest BCUT2D eigenvalue weighted by atomic mass is 79.9. The molecule has 1 unspecified atom stereocenters. The number of benzene rings is 1. The molecule has 18 heavy (non-hydrogen) atoms. The SMILES string of the molecule is CN(C(=O)c1cccc(Br)c1Cl)C(CN)C1CC1. The standard InChI is InChI=1S/C13H16BrClN2O/c1-17(11(7-16)8-5-6-8)13(18)9-3-2-4-10(14)12(9)15/h2-4,8,11H,5-7,16H2,1H3. The van der Waals surface area contributed by atoms with E-state index in [-0.39, 0.29) is 11.9 Å². The molecule has 1 saturated carbocycles. The Labute approximate surface area is 120 Å². The van der Waals surface area contributed by atoms with Crippen molar-refractivity contribution in [3.05, 3.63) is 33.3 Å². The summed E-state index contributed by atoms with van der Waals surface area (Å²) in [5.74, 6) is 0.485. The summed E-state index contributed by atoms with van der Waals surface area (Å²) in [5, 5.41) is 0.459. The molecule has 0 aromatic heterocycles. The molecule has 1 aromatic carbocycles. The van der Waals surface area contributed by atoms with Crippen LogP contribution in [-0.2, 0) is 0 Å². The first kappa shape index (κ1) is 13.8. The van der Waals surface area contributed by atoms with Crippen LogP contribution in [-0.4, -0.2) is 30.4 Å². The summed E-state index contributed by atoms with van der Waals surface area (Å²) in [4.78, 5) is 14.1. The van der Waals surface area contributed by atoms with E-state index in [1.54, 1.807) is 18.0 Å². The highest BCUT2D eigenvalue weighted by molar-refractivity contribution is 9.10. The van der Waals surface area contributed by atoms with Crippen LogP contribution in [0.3, 0.4) is 0 Å². The predicted molar refractivity (Wildman–Crippen MR) is 76.8 cm³/mol. The second-order valence-corrected chi connectivity index (χ2v) is 5.89. The third-order valence-corrected chi connectivity index (χ3v) is 4.70. The minimum atomic E-state index is -0.0661. The minimum absolute atomic E-state index is 0.0661. The van der Waals surface area contributed by atoms with Gasteiger partial charge in [0.2, 0.25) is 0 Å². The molecule has 0 spiro atoms. The molecule has 2 N–H and O–H groups in total. The summed E-state index contributed by atoms with van der Waals surface area (Å²) < 4.78 is 0.735. The third-order valence-electron chi connectivity index (χ3n) is 3.41. The lowest BCUT2D eigenvalue weighted by Gasteiger charge is -2.27. The number of likely N-dealkylation sites (N-methyl/N-ethyl adjacent to an activating group) is 1. The molecular weight excluding hydrogens is 316 g/mol. The maximum Gasteiger partial charge on any atom is 0.255 e. The lowest BCUT2D eigenvalue weighted by atomic mass is 10.1. The number of amides is 1. The lowest BCUT2D eigenvalue weighted by Crippen LogP contribution is -2.43. The number of halogens is 2. The zero-order valence-corrected chi connectivity index (χ0v) is 12.5. The van der Waals surface area contributed by atoms with Crippen molar-refractivity contribution < 1.29 is 4.79 Å². The second-order valence-electron chi connectivity index (χ2n) is 4.66. The molecule has 1 aliphatic rings. The number of carbonyl (C=O) groups is 1. The fourth-order valence-corrected chi connectivity index (χ4v) is 2.73. The van der Waals surface area contributed by atoms with Crippen LogP contribution in [0.25, 0.3) is 0 Å². The molecule has 3 nitrogen and oxygen atoms in total. The third kappa shape index (κ3) is 2.71. The van der Waals surface area contributed by atoms with Gasteiger partial charge in [0.15, 0.2) is 0 Å². The molecule has 5 heteroatoms. The molecule has 0 bridgehead atoms. The van der Waals surface area contributed by atoms with Crippen molar-refractivity contribution in [1.82, 2.24) is 4.90 Å². The van der Waals surface area contributed by atoms with Gasteiger partial charge in [-0.3, -0.25) is 4.79 Å². The zero-order valence-electron chi connectivity index (χ0n) is 10.2. The maximum absolute atomic E-state index is 12.4. The van der Waals surface area contributed by atoms with E-state index in [1.807, 2.05) is 12.1 Å². The summed E-state index contributed by atoms with van der Waals surface area (Å²) in [5.41, 5.74) is 6.28. The topological polar surface area (TPSA) is 46.3 Å². The van der Waals surface area contributed by atoms with Gasteiger partial charge in [-0.2, -0.15) is 0 Å². The van der Waals surface area contributed by atoms with Gasteiger partial charge in [0, 0.05) is 24.1 Å². The smallest absolute Gasteiger partial charge is 0.255 e. The summed E-state index contributed by atoms with van der Waals surface area (Å²) in [6.07, 6.45) is 2.32. The van der Waals surface area contributed by atoms with Crippen molar-refractivity contribution in [3.8, 4) is 0 Å². The normalized spacial score (nSPS) is 16.4. The molecule has 0 radical (unpaired) electrons. The first-order valence-corrected chi connectivity index (χ1v) is 7.14. The average Bonchev–Trinajstić information content (AvgIpc) is 3.17. The number of nitrogens with zero attached hydrogens (tertiary/aromatic N) is 1. The van der Waals surface area contributed by atoms with E-state index in [0.717, 1.165) is 17.3 Å². The molecule has 1 aromatic rings. The fraction of sp³-hybridized carbons (Fsp3) is 0.462. The van der Waals surface area contributed by atoms with Crippen LogP contribution in [0.5, 0.6) is 0 Å². The summed E-state index contributed by atoms with van der Waals surface area (Å²) in [6, 6.07) is 5.49. The Kier molecular flexibility index (Phi) is 4.30. The van der Waals surface area contributed by atoms with Crippen LogP contribution in [0.2, 0.25) is 5.02 Å². The lowest BCUT2D eigenvalue weighted by molar-refractivity contribution is 0.0719. The first-order chi connectivity index (χ1) is 8.56. The summed E-state index contributed by atoms with van der Waals surface area (Å²) >= 11 is 9.48. The molecular formula is C13H16BrClN2O. The van der Waals surface area contributed by atoms with E-state index >= 15 is 0 Å². The number of carbonyl (C=O) groups excluding carboxylic acids is 1. The summed E-state index contributed by atoms with van der Waals surface area (Å²) in [7, 11) is 1.80. The molecule has 0 aliphatic heterocycles. The minimum Gasteiger partial charge on any atom is -0.337 e. The maximum atomic E-state index is 12.4. The molecule has 2 rings (SSSR count). The largest absolute Gasteiger partial charge is 0.337 e. The average molecular weight is 332 g/mol. The van der Waals surface area contributed by atoms with Gasteiger partial charge >= 0.3 is 0 Å². The molecule has 1 fully saturated rings. The van der Waals surface area contributed by atoms with E-state index in [1.165, 1.54) is 0 Å². The van der Waals surface area contributed by atoms with Crippen LogP contribution >= 0.6 is 27.5 Å². The molecule has 1 aliphatic carbocycles. The number of nitrogens with two attached hydrogens (primary N) is 1. The van der Waals surface area contributed by atoms with Gasteiger partial charge in [-0.25, -0.2) is 0 Å². The predicted octanol–water partition coefficient (Wildman–Crippen LogP) is 2.91. The molecule has 1 atom stereocenters. The van der Waals surface area contributed by atoms with Gasteiger partial charge in [0.1, 0.15) is 0 Å². The van der Waals surface area contributed by atoms with Gasteiger partial charge in [0.05, 0.1) is 10.6 Å². The Hall–Kier alpha value is -0.580. The summed E-state index contributed by atoms with van der Waals surface area (Å²) in [6.45, 7) is 0.499. The number of hydrogen-bond acceptors (Lipinski definition) is 2. The van der Waals surface area contributed by atoms with Crippen LogP contribution in [0, 0.1) is 5.92 Å². The Morgan fingerprint density at radius 2 is 2.28 bits per heavy atom. The number of rotatable bonds is 4. The van der Waals surface area contributed by atoms with Crippen molar-refractivity contribution in [2.75, 3.05) is 13.6 Å². The van der Waals surface area contributed by atoms with Gasteiger partial charge in [0.25, 0.3) is 5.91 Å². The van der Waals surface area contributed by atoms with Gasteiger partial charge in [-0.15, -0.1) is 0 Å². The Morgan fingerprint density at radius 3 is 2.83 bits per heavy atom. The Balaban J connectivity index is 2.22. The van der Waals surface area contributed by atoms with Crippen molar-refractivity contribution in [2.24, 2.45) is 11.7 Å². The first-order valence-electron chi connectivity index (χ1n) is 5.97. The van der Waals surface area contributed by atoms with Gasteiger partial charge in [-0.05, 0) is 46.8 Å². The Bertz CT molecular complexity index is 462. The van der Waals surface area contributed by atoms with Gasteiger partial charge < -0.3 is 10.6 Å². The number of hydrogen-bond donors (Lipinski definition) is 1. The second kappa shape index (κ2) is 5.59. The van der Waals surface area contributed by atoms with Crippen molar-refractivity contribution in [2.45, 2.75) is 18.9 Å². The van der Waals surface area contributed by atoms with Crippen LogP contribution in [0.1, 0.15) is 23.2 Å². The van der Waals surface area contributed by atoms with Crippen LogP contribution in [0.15, 0.2) is 22.7 Å². The molecule has 1 amide bonds. The van der Waals surface area contributed by atoms with Crippen molar-refractivity contribution in [3.63, 3.8) is 0 Å². The van der Waals surface area contributed by atoms with E-state index < -0.39 is 0 Å². The van der Waals surface area contributed by atoms with Gasteiger partial charge in [-0.1, -0.05) is 17.7 Å². The Morgan fingerprint density at radius 1 is 1.61 bits per heavy atom. The highest BCUT2D eigenvalue weighted by Crippen LogP contribution is 2.35. The van der Waals surface area contributed by atoms with E-state index in [2.05, 4.69) is 15.9 Å². The van der Waals surface area contributed by atoms with Crippen LogP contribution in [0.4, 0.5) is 0 Å². The fourth-order valence-electron chi connectivity index (χ4n) is 2.16. The van der Waals surface area contributed by atoms with Crippen molar-refractivity contribution >= 4 is 33.4 Å². The van der Waals surface area contributed by atoms with E-state index in [4.69, 9.17) is 17.3 Å². The van der Waals surface area contributed by atoms with Crippen molar-refractivity contribution in [1.29, 1.82) is 0 Å². The molecule has 0 heterocycles. The zero-order chi connectivity index (χ0) is 13.3. The highest BCUT2D eigenvalue weighted by Gasteiger charge is 2.35. The quantitative estimate of drug-likeness (QED) is 0.922. The monoisotopic (exact) mass is 330 g/mol.